The number of rotatable bonds is 3. The van der Waals surface area contributed by atoms with Crippen molar-refractivity contribution in [3.63, 3.8) is 0 Å². The third-order valence-corrected chi connectivity index (χ3v) is 5.50. The molecule has 3 nitrogen and oxygen atoms in total. The van der Waals surface area contributed by atoms with Gasteiger partial charge < -0.3 is 10.5 Å². The summed E-state index contributed by atoms with van der Waals surface area (Å²) in [5.74, 6) is 1.60. The third-order valence-electron chi connectivity index (χ3n) is 5.50. The van der Waals surface area contributed by atoms with Crippen LogP contribution in [0.25, 0.3) is 0 Å². The highest BCUT2D eigenvalue weighted by Gasteiger charge is 2.44. The fourth-order valence-electron chi connectivity index (χ4n) is 4.12. The summed E-state index contributed by atoms with van der Waals surface area (Å²) >= 11 is 0. The summed E-state index contributed by atoms with van der Waals surface area (Å²) in [5, 5.41) is 0. The number of piperidine rings is 1. The molecule has 2 aliphatic rings. The molecule has 1 heterocycles. The van der Waals surface area contributed by atoms with Crippen molar-refractivity contribution in [2.75, 3.05) is 26.7 Å². The molecule has 0 aromatic rings. The number of nitrogens with zero attached hydrogens (tertiary/aromatic N) is 1. The molecule has 3 unspecified atom stereocenters. The van der Waals surface area contributed by atoms with Crippen molar-refractivity contribution in [2.24, 2.45) is 17.6 Å². The molecule has 0 bridgehead atoms. The van der Waals surface area contributed by atoms with Crippen LogP contribution in [0.2, 0.25) is 0 Å². The van der Waals surface area contributed by atoms with Gasteiger partial charge in [-0.05, 0) is 43.9 Å². The lowest BCUT2D eigenvalue weighted by molar-refractivity contribution is -0.0449. The Kier molecular flexibility index (Phi) is 4.68. The van der Waals surface area contributed by atoms with Gasteiger partial charge in [0.1, 0.15) is 0 Å². The second-order valence-corrected chi connectivity index (χ2v) is 6.51. The van der Waals surface area contributed by atoms with Crippen LogP contribution in [0.3, 0.4) is 0 Å². The molecule has 2 N–H and O–H groups in total. The Morgan fingerprint density at radius 2 is 1.89 bits per heavy atom. The van der Waals surface area contributed by atoms with Crippen LogP contribution in [0.4, 0.5) is 0 Å². The standard InChI is InChI=1S/C15H30N2O/c1-12-4-7-15(11-16,13(2)10-12)17-8-5-14(18-3)6-9-17/h12-14H,4-11,16H2,1-3H3. The van der Waals surface area contributed by atoms with Gasteiger partial charge in [-0.2, -0.15) is 0 Å². The summed E-state index contributed by atoms with van der Waals surface area (Å²) in [4.78, 5) is 2.68. The first-order valence-electron chi connectivity index (χ1n) is 7.60. The Balaban J connectivity index is 2.04. The molecule has 18 heavy (non-hydrogen) atoms. The summed E-state index contributed by atoms with van der Waals surface area (Å²) in [6, 6.07) is 0. The Morgan fingerprint density at radius 3 is 2.39 bits per heavy atom. The smallest absolute Gasteiger partial charge is 0.0595 e. The summed E-state index contributed by atoms with van der Waals surface area (Å²) in [7, 11) is 1.84. The lowest BCUT2D eigenvalue weighted by Crippen LogP contribution is -2.62. The highest BCUT2D eigenvalue weighted by molar-refractivity contribution is 5.00. The predicted molar refractivity (Wildman–Crippen MR) is 75.6 cm³/mol. The predicted octanol–water partition coefficient (Wildman–Crippen LogP) is 2.25. The summed E-state index contributed by atoms with van der Waals surface area (Å²) in [6.45, 7) is 7.93. The highest BCUT2D eigenvalue weighted by Crippen LogP contribution is 2.41. The first-order chi connectivity index (χ1) is 8.62. The Bertz CT molecular complexity index is 263. The van der Waals surface area contributed by atoms with Crippen LogP contribution >= 0.6 is 0 Å². The van der Waals surface area contributed by atoms with Crippen molar-refractivity contribution >= 4 is 0 Å². The average Bonchev–Trinajstić information content (AvgIpc) is 2.40. The molecule has 0 radical (unpaired) electrons. The van der Waals surface area contributed by atoms with Gasteiger partial charge in [-0.15, -0.1) is 0 Å². The molecule has 3 atom stereocenters. The van der Waals surface area contributed by atoms with Crippen molar-refractivity contribution in [1.29, 1.82) is 0 Å². The van der Waals surface area contributed by atoms with Gasteiger partial charge in [0.2, 0.25) is 0 Å². The monoisotopic (exact) mass is 254 g/mol. The molecule has 0 spiro atoms. The number of likely N-dealkylation sites (tertiary alicyclic amines) is 1. The maximum atomic E-state index is 6.20. The molecule has 2 fully saturated rings. The second-order valence-electron chi connectivity index (χ2n) is 6.51. The minimum atomic E-state index is 0.269. The van der Waals surface area contributed by atoms with E-state index in [1.807, 2.05) is 7.11 Å². The summed E-state index contributed by atoms with van der Waals surface area (Å²) in [5.41, 5.74) is 6.47. The van der Waals surface area contributed by atoms with E-state index in [1.165, 1.54) is 32.1 Å². The quantitative estimate of drug-likeness (QED) is 0.839. The first-order valence-corrected chi connectivity index (χ1v) is 7.60. The molecule has 0 amide bonds. The molecule has 106 valence electrons. The molecule has 3 heteroatoms. The minimum Gasteiger partial charge on any atom is -0.381 e. The van der Waals surface area contributed by atoms with Crippen LogP contribution in [0, 0.1) is 11.8 Å². The van der Waals surface area contributed by atoms with Crippen molar-refractivity contribution in [1.82, 2.24) is 4.90 Å². The van der Waals surface area contributed by atoms with Crippen molar-refractivity contribution in [3.8, 4) is 0 Å². The maximum absolute atomic E-state index is 6.20. The van der Waals surface area contributed by atoms with Gasteiger partial charge >= 0.3 is 0 Å². The summed E-state index contributed by atoms with van der Waals surface area (Å²) < 4.78 is 5.48. The lowest BCUT2D eigenvalue weighted by atomic mass is 9.68. The van der Waals surface area contributed by atoms with E-state index in [1.54, 1.807) is 0 Å². The van der Waals surface area contributed by atoms with E-state index in [0.717, 1.165) is 31.5 Å². The average molecular weight is 254 g/mol. The molecule has 1 aliphatic heterocycles. The Labute approximate surface area is 112 Å². The zero-order valence-corrected chi connectivity index (χ0v) is 12.3. The molecule has 1 saturated heterocycles. The molecular weight excluding hydrogens is 224 g/mol. The number of hydrogen-bond acceptors (Lipinski definition) is 3. The van der Waals surface area contributed by atoms with Crippen molar-refractivity contribution in [3.05, 3.63) is 0 Å². The van der Waals surface area contributed by atoms with Gasteiger partial charge in [0.15, 0.2) is 0 Å². The number of methoxy groups -OCH3 is 1. The largest absolute Gasteiger partial charge is 0.381 e. The molecule has 1 aliphatic carbocycles. The highest BCUT2D eigenvalue weighted by atomic mass is 16.5. The minimum absolute atomic E-state index is 0.269. The van der Waals surface area contributed by atoms with Gasteiger partial charge in [0.25, 0.3) is 0 Å². The van der Waals surface area contributed by atoms with Gasteiger partial charge in [-0.1, -0.05) is 13.8 Å². The van der Waals surface area contributed by atoms with Crippen LogP contribution in [0.5, 0.6) is 0 Å². The van der Waals surface area contributed by atoms with Gasteiger partial charge in [-0.25, -0.2) is 0 Å². The topological polar surface area (TPSA) is 38.5 Å². The van der Waals surface area contributed by atoms with E-state index in [2.05, 4.69) is 18.7 Å². The van der Waals surface area contributed by atoms with Crippen LogP contribution in [-0.4, -0.2) is 43.3 Å². The first kappa shape index (κ1) is 14.3. The maximum Gasteiger partial charge on any atom is 0.0595 e. The van der Waals surface area contributed by atoms with E-state index in [0.29, 0.717) is 6.10 Å². The van der Waals surface area contributed by atoms with Crippen molar-refractivity contribution in [2.45, 2.75) is 57.6 Å². The molecule has 2 rings (SSSR count). The van der Waals surface area contributed by atoms with E-state index >= 15 is 0 Å². The van der Waals surface area contributed by atoms with Crippen molar-refractivity contribution < 1.29 is 4.74 Å². The lowest BCUT2D eigenvalue weighted by Gasteiger charge is -2.53. The van der Waals surface area contributed by atoms with E-state index < -0.39 is 0 Å². The van der Waals surface area contributed by atoms with E-state index in [9.17, 15) is 0 Å². The fourth-order valence-corrected chi connectivity index (χ4v) is 4.12. The number of hydrogen-bond donors (Lipinski definition) is 1. The van der Waals surface area contributed by atoms with E-state index in [4.69, 9.17) is 10.5 Å². The van der Waals surface area contributed by atoms with Gasteiger partial charge in [0, 0.05) is 32.3 Å². The summed E-state index contributed by atoms with van der Waals surface area (Å²) in [6.07, 6.45) is 6.76. The normalized spacial score (nSPS) is 40.0. The van der Waals surface area contributed by atoms with Crippen LogP contribution in [0.1, 0.15) is 46.0 Å². The second kappa shape index (κ2) is 5.89. The van der Waals surface area contributed by atoms with Crippen LogP contribution in [0.15, 0.2) is 0 Å². The fraction of sp³-hybridized carbons (Fsp3) is 1.00. The van der Waals surface area contributed by atoms with Crippen LogP contribution in [-0.2, 0) is 4.74 Å². The zero-order valence-electron chi connectivity index (χ0n) is 12.3. The van der Waals surface area contributed by atoms with Gasteiger partial charge in [0.05, 0.1) is 6.10 Å². The number of ether oxygens (including phenoxy) is 1. The Morgan fingerprint density at radius 1 is 1.22 bits per heavy atom. The molecule has 0 aromatic heterocycles. The zero-order chi connectivity index (χ0) is 13.2. The van der Waals surface area contributed by atoms with Crippen LogP contribution < -0.4 is 5.73 Å². The Hall–Kier alpha value is -0.120. The van der Waals surface area contributed by atoms with E-state index in [-0.39, 0.29) is 5.54 Å². The molecular formula is C15H30N2O. The molecule has 0 aromatic carbocycles. The SMILES string of the molecule is COC1CCN(C2(CN)CCC(C)CC2C)CC1. The third kappa shape index (κ3) is 2.59. The van der Waals surface area contributed by atoms with Gasteiger partial charge in [-0.3, -0.25) is 4.90 Å². The number of nitrogens with two attached hydrogens (primary N) is 1. The molecule has 1 saturated carbocycles.